The smallest absolute Gasteiger partial charge is 0.291 e. The molecular formula is C15H15NO3. The highest BCUT2D eigenvalue weighted by molar-refractivity contribution is 6.03. The number of hydrogen-bond donors (Lipinski definition) is 1. The molecule has 0 aliphatic carbocycles. The highest BCUT2D eigenvalue weighted by atomic mass is 16.3. The molecule has 0 bridgehead atoms. The number of anilines is 1. The quantitative estimate of drug-likeness (QED) is 0.858. The number of nitrogens with one attached hydrogen (secondary N) is 1. The summed E-state index contributed by atoms with van der Waals surface area (Å²) in [5, 5.41) is 2.71. The Kier molecular flexibility index (Phi) is 3.51. The number of furan rings is 1. The van der Waals surface area contributed by atoms with Crippen molar-refractivity contribution in [3.05, 3.63) is 53.0 Å². The first-order chi connectivity index (χ1) is 8.97. The van der Waals surface area contributed by atoms with Crippen LogP contribution >= 0.6 is 0 Å². The van der Waals surface area contributed by atoms with E-state index in [1.807, 2.05) is 13.8 Å². The maximum absolute atomic E-state index is 12.0. The van der Waals surface area contributed by atoms with E-state index in [9.17, 15) is 9.59 Å². The van der Waals surface area contributed by atoms with E-state index >= 15 is 0 Å². The first-order valence-corrected chi connectivity index (χ1v) is 5.97. The second-order valence-electron chi connectivity index (χ2n) is 4.44. The first-order valence-electron chi connectivity index (χ1n) is 5.97. The van der Waals surface area contributed by atoms with Crippen molar-refractivity contribution in [1.29, 1.82) is 0 Å². The minimum atomic E-state index is -0.322. The van der Waals surface area contributed by atoms with Crippen LogP contribution in [-0.2, 0) is 0 Å². The summed E-state index contributed by atoms with van der Waals surface area (Å²) in [6, 6.07) is 8.50. The minimum Gasteiger partial charge on any atom is -0.456 e. The van der Waals surface area contributed by atoms with Gasteiger partial charge < -0.3 is 9.73 Å². The summed E-state index contributed by atoms with van der Waals surface area (Å²) in [5.74, 6) is 0.628. The molecule has 2 rings (SSSR count). The maximum Gasteiger partial charge on any atom is 0.291 e. The van der Waals surface area contributed by atoms with Gasteiger partial charge in [0.2, 0.25) is 0 Å². The molecule has 1 aromatic heterocycles. The van der Waals surface area contributed by atoms with Gasteiger partial charge in [-0.05, 0) is 44.5 Å². The molecular weight excluding hydrogens is 242 g/mol. The third-order valence-corrected chi connectivity index (χ3v) is 2.92. The van der Waals surface area contributed by atoms with Crippen LogP contribution in [0.2, 0.25) is 0 Å². The first kappa shape index (κ1) is 13.1. The molecule has 0 aliphatic heterocycles. The largest absolute Gasteiger partial charge is 0.456 e. The van der Waals surface area contributed by atoms with Crippen molar-refractivity contribution in [1.82, 2.24) is 0 Å². The van der Waals surface area contributed by atoms with Crippen molar-refractivity contribution < 1.29 is 14.0 Å². The lowest BCUT2D eigenvalue weighted by Gasteiger charge is -2.04. The summed E-state index contributed by atoms with van der Waals surface area (Å²) in [6.45, 7) is 5.18. The molecule has 98 valence electrons. The predicted octanol–water partition coefficient (Wildman–Crippen LogP) is 3.35. The fraction of sp³-hybridized carbons (Fsp3) is 0.200. The van der Waals surface area contributed by atoms with E-state index < -0.39 is 0 Å². The highest BCUT2D eigenvalue weighted by Crippen LogP contribution is 2.16. The summed E-state index contributed by atoms with van der Waals surface area (Å²) in [5.41, 5.74) is 2.07. The number of rotatable bonds is 3. The Morgan fingerprint density at radius 1 is 1.16 bits per heavy atom. The number of aryl methyl sites for hydroxylation is 2. The van der Waals surface area contributed by atoms with Gasteiger partial charge in [-0.2, -0.15) is 0 Å². The van der Waals surface area contributed by atoms with E-state index in [-0.39, 0.29) is 17.5 Å². The van der Waals surface area contributed by atoms with Crippen LogP contribution in [0.25, 0.3) is 0 Å². The van der Waals surface area contributed by atoms with Crippen molar-refractivity contribution in [3.63, 3.8) is 0 Å². The molecule has 0 saturated carbocycles. The van der Waals surface area contributed by atoms with E-state index in [0.717, 1.165) is 11.3 Å². The maximum atomic E-state index is 12.0. The lowest BCUT2D eigenvalue weighted by molar-refractivity contribution is 0.0991. The van der Waals surface area contributed by atoms with Gasteiger partial charge in [-0.1, -0.05) is 12.1 Å². The van der Waals surface area contributed by atoms with Gasteiger partial charge in [0.05, 0.1) is 0 Å². The van der Waals surface area contributed by atoms with Gasteiger partial charge in [0.15, 0.2) is 11.5 Å². The molecule has 0 unspecified atom stereocenters. The van der Waals surface area contributed by atoms with Crippen LogP contribution in [0.5, 0.6) is 0 Å². The molecule has 0 saturated heterocycles. The number of hydrogen-bond acceptors (Lipinski definition) is 3. The Morgan fingerprint density at radius 3 is 2.47 bits per heavy atom. The van der Waals surface area contributed by atoms with Gasteiger partial charge in [-0.25, -0.2) is 0 Å². The molecule has 1 amide bonds. The van der Waals surface area contributed by atoms with Gasteiger partial charge in [-0.3, -0.25) is 9.59 Å². The molecule has 1 aromatic carbocycles. The van der Waals surface area contributed by atoms with Crippen LogP contribution in [0.4, 0.5) is 5.69 Å². The number of benzene rings is 1. The second-order valence-corrected chi connectivity index (χ2v) is 4.44. The van der Waals surface area contributed by atoms with Gasteiger partial charge in [-0.15, -0.1) is 0 Å². The second kappa shape index (κ2) is 5.10. The van der Waals surface area contributed by atoms with Gasteiger partial charge in [0.25, 0.3) is 5.91 Å². The number of amides is 1. The standard InChI is InChI=1S/C15H15NO3/c1-9-7-14(19-11(9)3)15(18)16-13-6-4-5-12(8-13)10(2)17/h4-8H,1-3H3,(H,16,18). The summed E-state index contributed by atoms with van der Waals surface area (Å²) in [7, 11) is 0. The summed E-state index contributed by atoms with van der Waals surface area (Å²) < 4.78 is 5.35. The molecule has 4 nitrogen and oxygen atoms in total. The van der Waals surface area contributed by atoms with Crippen LogP contribution in [-0.4, -0.2) is 11.7 Å². The van der Waals surface area contributed by atoms with E-state index in [2.05, 4.69) is 5.32 Å². The Labute approximate surface area is 111 Å². The zero-order chi connectivity index (χ0) is 14.0. The SMILES string of the molecule is CC(=O)c1cccc(NC(=O)c2cc(C)c(C)o2)c1. The highest BCUT2D eigenvalue weighted by Gasteiger charge is 2.13. The lowest BCUT2D eigenvalue weighted by atomic mass is 10.1. The number of Topliss-reactive ketones (excluding diaryl/α,β-unsaturated/α-hetero) is 1. The molecule has 2 aromatic rings. The van der Waals surface area contributed by atoms with E-state index in [0.29, 0.717) is 11.3 Å². The van der Waals surface area contributed by atoms with Crippen molar-refractivity contribution in [2.24, 2.45) is 0 Å². The van der Waals surface area contributed by atoms with Crippen LogP contribution in [0.3, 0.4) is 0 Å². The molecule has 0 spiro atoms. The average Bonchev–Trinajstić information content (AvgIpc) is 2.70. The minimum absolute atomic E-state index is 0.0409. The Hall–Kier alpha value is -2.36. The summed E-state index contributed by atoms with van der Waals surface area (Å²) >= 11 is 0. The number of carbonyl (C=O) groups excluding carboxylic acids is 2. The molecule has 1 heterocycles. The molecule has 19 heavy (non-hydrogen) atoms. The van der Waals surface area contributed by atoms with Crippen molar-refractivity contribution >= 4 is 17.4 Å². The van der Waals surface area contributed by atoms with Gasteiger partial charge in [0.1, 0.15) is 5.76 Å². The third-order valence-electron chi connectivity index (χ3n) is 2.92. The van der Waals surface area contributed by atoms with E-state index in [1.54, 1.807) is 30.3 Å². The molecule has 1 N–H and O–H groups in total. The molecule has 0 fully saturated rings. The fourth-order valence-corrected chi connectivity index (χ4v) is 1.69. The van der Waals surface area contributed by atoms with Crippen LogP contribution in [0.1, 0.15) is 39.2 Å². The van der Waals surface area contributed by atoms with Gasteiger partial charge >= 0.3 is 0 Å². The number of ketones is 1. The summed E-state index contributed by atoms with van der Waals surface area (Å²) in [6.07, 6.45) is 0. The van der Waals surface area contributed by atoms with Crippen LogP contribution < -0.4 is 5.32 Å². The van der Waals surface area contributed by atoms with Crippen molar-refractivity contribution in [2.75, 3.05) is 5.32 Å². The number of carbonyl (C=O) groups is 2. The fourth-order valence-electron chi connectivity index (χ4n) is 1.69. The van der Waals surface area contributed by atoms with Crippen molar-refractivity contribution in [3.8, 4) is 0 Å². The van der Waals surface area contributed by atoms with E-state index in [4.69, 9.17) is 4.42 Å². The molecule has 0 aliphatic rings. The Balaban J connectivity index is 2.19. The Bertz CT molecular complexity index is 621. The molecule has 0 atom stereocenters. The van der Waals surface area contributed by atoms with Crippen molar-refractivity contribution in [2.45, 2.75) is 20.8 Å². The predicted molar refractivity (Wildman–Crippen MR) is 72.6 cm³/mol. The zero-order valence-corrected chi connectivity index (χ0v) is 11.1. The van der Waals surface area contributed by atoms with Gasteiger partial charge in [0, 0.05) is 11.3 Å². The average molecular weight is 257 g/mol. The van der Waals surface area contributed by atoms with Crippen LogP contribution in [0.15, 0.2) is 34.7 Å². The monoisotopic (exact) mass is 257 g/mol. The Morgan fingerprint density at radius 2 is 1.89 bits per heavy atom. The summed E-state index contributed by atoms with van der Waals surface area (Å²) in [4.78, 5) is 23.2. The third kappa shape index (κ3) is 2.91. The molecule has 4 heteroatoms. The molecule has 0 radical (unpaired) electrons. The zero-order valence-electron chi connectivity index (χ0n) is 11.1. The lowest BCUT2D eigenvalue weighted by Crippen LogP contribution is -2.11. The van der Waals surface area contributed by atoms with E-state index in [1.165, 1.54) is 6.92 Å². The topological polar surface area (TPSA) is 59.3 Å². The normalized spacial score (nSPS) is 10.3. The van der Waals surface area contributed by atoms with Crippen LogP contribution in [0, 0.1) is 13.8 Å².